The second kappa shape index (κ2) is 24.9. The SMILES string of the molecule is Cc1cc(C)cc(N(c2cc(C)cc(C)c2)c2cc3c4c(c2)Oc2cc5c(cc2B4c2cc(C(C)(C)C)ccc2O3)B2c3cc4c(cc3Oc3cc(N(c6cc(C)cc(C)c6)c6cc(C)cc(C)c6)cc(c32)O5)Oc2cc(N(c3cc(C)cc(C)c3)c3cc(C)cc(C)c3)cc3c2B4c2cc(C(C)(C)C)ccc2O3)c1. The summed E-state index contributed by atoms with van der Waals surface area (Å²) >= 11 is 0. The zero-order valence-electron chi connectivity index (χ0n) is 66.2. The van der Waals surface area contributed by atoms with Gasteiger partial charge in [-0.15, -0.1) is 0 Å². The van der Waals surface area contributed by atoms with Crippen molar-refractivity contribution < 1.29 is 28.4 Å². The third kappa shape index (κ3) is 11.6. The minimum absolute atomic E-state index is 0.165. The van der Waals surface area contributed by atoms with E-state index in [1.54, 1.807) is 0 Å². The summed E-state index contributed by atoms with van der Waals surface area (Å²) in [7, 11) is 0. The van der Waals surface area contributed by atoms with Crippen LogP contribution in [0, 0.1) is 83.1 Å². The molecule has 9 nitrogen and oxygen atoms in total. The lowest BCUT2D eigenvalue weighted by Crippen LogP contribution is -2.63. The molecule has 0 unspecified atom stereocenters. The number of aryl methyl sites for hydroxylation is 12. The Morgan fingerprint density at radius 1 is 0.191 bits per heavy atom. The predicted octanol–water partition coefficient (Wildman–Crippen LogP) is 20.6. The molecule has 0 aliphatic carbocycles. The Morgan fingerprint density at radius 2 is 0.373 bits per heavy atom. The van der Waals surface area contributed by atoms with Gasteiger partial charge in [0.15, 0.2) is 0 Å². The van der Waals surface area contributed by atoms with Crippen LogP contribution in [0.1, 0.15) is 119 Å². The van der Waals surface area contributed by atoms with Gasteiger partial charge in [0.1, 0.15) is 69.0 Å². The lowest BCUT2D eigenvalue weighted by atomic mass is 9.30. The van der Waals surface area contributed by atoms with E-state index in [1.165, 1.54) is 55.6 Å². The van der Waals surface area contributed by atoms with Crippen LogP contribution in [-0.4, -0.2) is 20.1 Å². The number of nitrogens with zero attached hydrogens (tertiary/aromatic N) is 3. The van der Waals surface area contributed by atoms with Gasteiger partial charge in [-0.1, -0.05) is 114 Å². The van der Waals surface area contributed by atoms with E-state index in [0.29, 0.717) is 34.5 Å². The first-order valence-electron chi connectivity index (χ1n) is 38.7. The molecule has 12 heteroatoms. The van der Waals surface area contributed by atoms with Crippen molar-refractivity contribution in [1.29, 1.82) is 0 Å². The second-order valence-electron chi connectivity index (χ2n) is 34.4. The van der Waals surface area contributed by atoms with Gasteiger partial charge in [-0.25, -0.2) is 0 Å². The Bertz CT molecular complexity index is 5590. The number of anilines is 9. The Hall–Kier alpha value is -11.7. The average Bonchev–Trinajstić information content (AvgIpc) is 0.700. The molecule has 0 fully saturated rings. The summed E-state index contributed by atoms with van der Waals surface area (Å²) in [6.45, 7) is 38.8. The molecule has 6 heterocycles. The lowest BCUT2D eigenvalue weighted by Gasteiger charge is -2.39. The Morgan fingerprint density at radius 3 is 0.573 bits per heavy atom. The van der Waals surface area contributed by atoms with Crippen molar-refractivity contribution >= 4 is 120 Å². The van der Waals surface area contributed by atoms with E-state index >= 15 is 0 Å². The molecule has 0 bridgehead atoms. The summed E-state index contributed by atoms with van der Waals surface area (Å²) in [6, 6.07) is 76.7. The zero-order chi connectivity index (χ0) is 76.2. The highest BCUT2D eigenvalue weighted by atomic mass is 16.5. The van der Waals surface area contributed by atoms with Crippen molar-refractivity contribution in [2.24, 2.45) is 0 Å². The number of hydrogen-bond donors (Lipinski definition) is 0. The highest BCUT2D eigenvalue weighted by Crippen LogP contribution is 2.50. The smallest absolute Gasteiger partial charge is 0.260 e. The predicted molar refractivity (Wildman–Crippen MR) is 458 cm³/mol. The second-order valence-corrected chi connectivity index (χ2v) is 34.4. The van der Waals surface area contributed by atoms with E-state index in [4.69, 9.17) is 28.4 Å². The fourth-order valence-corrected chi connectivity index (χ4v) is 18.6. The van der Waals surface area contributed by atoms with Gasteiger partial charge in [0.2, 0.25) is 0 Å². The molecule has 6 aliphatic heterocycles. The maximum atomic E-state index is 7.69. The first kappa shape index (κ1) is 68.8. The fraction of sp³-hybridized carbons (Fsp3) is 0.204. The lowest BCUT2D eigenvalue weighted by molar-refractivity contribution is 0.448. The van der Waals surface area contributed by atoms with Crippen LogP contribution in [0.2, 0.25) is 0 Å². The topological polar surface area (TPSA) is 65.1 Å². The van der Waals surface area contributed by atoms with Gasteiger partial charge in [-0.3, -0.25) is 0 Å². The molecular formula is C98H88B3N3O6. The van der Waals surface area contributed by atoms with Crippen LogP contribution in [0.4, 0.5) is 51.2 Å². The van der Waals surface area contributed by atoms with Crippen molar-refractivity contribution in [3.8, 4) is 69.0 Å². The number of ether oxygens (including phenoxy) is 6. The van der Waals surface area contributed by atoms with Crippen LogP contribution < -0.4 is 92.3 Å². The zero-order valence-corrected chi connectivity index (χ0v) is 66.2. The molecule has 0 atom stereocenters. The van der Waals surface area contributed by atoms with Gasteiger partial charge in [-0.05, 0) is 290 Å². The van der Waals surface area contributed by atoms with E-state index in [2.05, 4.69) is 346 Å². The van der Waals surface area contributed by atoms with E-state index in [0.717, 1.165) is 157 Å². The first-order chi connectivity index (χ1) is 52.5. The molecule has 0 amide bonds. The molecule has 0 saturated carbocycles. The maximum Gasteiger partial charge on any atom is 0.260 e. The van der Waals surface area contributed by atoms with Gasteiger partial charge in [0.25, 0.3) is 20.1 Å². The third-order valence-electron chi connectivity index (χ3n) is 22.9. The molecule has 13 aromatic carbocycles. The maximum absolute atomic E-state index is 7.69. The van der Waals surface area contributed by atoms with Crippen LogP contribution in [0.15, 0.2) is 206 Å². The van der Waals surface area contributed by atoms with Crippen LogP contribution in [0.3, 0.4) is 0 Å². The Labute approximate surface area is 648 Å². The van der Waals surface area contributed by atoms with Crippen LogP contribution in [0.5, 0.6) is 69.0 Å². The molecule has 0 N–H and O–H groups in total. The molecule has 0 radical (unpaired) electrons. The molecule has 0 aromatic heterocycles. The Kier molecular flexibility index (Phi) is 15.6. The minimum Gasteiger partial charge on any atom is -0.458 e. The van der Waals surface area contributed by atoms with Crippen molar-refractivity contribution in [2.75, 3.05) is 14.7 Å². The van der Waals surface area contributed by atoms with Crippen molar-refractivity contribution in [3.63, 3.8) is 0 Å². The Balaban J connectivity index is 0.846. The number of rotatable bonds is 9. The molecule has 110 heavy (non-hydrogen) atoms. The molecule has 19 rings (SSSR count). The summed E-state index contributed by atoms with van der Waals surface area (Å²) in [5, 5.41) is 0. The van der Waals surface area contributed by atoms with E-state index in [-0.39, 0.29) is 24.3 Å². The fourth-order valence-electron chi connectivity index (χ4n) is 18.6. The molecule has 13 aromatic rings. The van der Waals surface area contributed by atoms with Crippen molar-refractivity contribution in [3.05, 3.63) is 284 Å². The molecule has 6 aliphatic rings. The van der Waals surface area contributed by atoms with Gasteiger partial charge in [0, 0.05) is 99.0 Å². The standard InChI is InChI=1S/C98H88B3N3O6/c1-53-23-54(2)30-67(29-53)102(68-31-55(3)24-56(4)32-68)73-43-88-94-90(45-73)107-84-51-86-80(49-78(84)99(94)76-41-65(97(13,14)15)19-21-82(76)105-88)101-81-50-79-85(52-87(81)110-93-48-75(47-92(109-86)96(93)101)104(71-37-61(9)27-62(10)38-71)72-39-63(11)28-64(12)40-72)108-91-46-74(44-89-95(91)100(79)77-42-66(98(16,17)18)20-22-83(77)106-89)103(69-33-57(5)25-58(6)34-69)70-35-59(7)26-60(8)36-70/h19-52H,1-18H3. The van der Waals surface area contributed by atoms with E-state index in [1.807, 2.05) is 0 Å². The summed E-state index contributed by atoms with van der Waals surface area (Å²) < 4.78 is 45.2. The van der Waals surface area contributed by atoms with E-state index < -0.39 is 6.71 Å². The first-order valence-corrected chi connectivity index (χ1v) is 38.7. The van der Waals surface area contributed by atoms with Crippen molar-refractivity contribution in [1.82, 2.24) is 0 Å². The van der Waals surface area contributed by atoms with Crippen LogP contribution >= 0.6 is 0 Å². The summed E-state index contributed by atoms with van der Waals surface area (Å²) in [5.41, 5.74) is 34.3. The monoisotopic (exact) mass is 1440 g/mol. The minimum atomic E-state index is -0.409. The average molecular weight is 1440 g/mol. The van der Waals surface area contributed by atoms with Gasteiger partial charge in [0.05, 0.1) is 17.1 Å². The number of hydrogen-bond acceptors (Lipinski definition) is 9. The van der Waals surface area contributed by atoms with E-state index in [9.17, 15) is 0 Å². The van der Waals surface area contributed by atoms with Gasteiger partial charge < -0.3 is 43.1 Å². The van der Waals surface area contributed by atoms with Crippen LogP contribution in [-0.2, 0) is 10.8 Å². The van der Waals surface area contributed by atoms with Crippen LogP contribution in [0.25, 0.3) is 0 Å². The molecule has 0 saturated heterocycles. The summed E-state index contributed by atoms with van der Waals surface area (Å²) in [6.07, 6.45) is 0. The molecular weight excluding hydrogens is 1350 g/mol. The quantitative estimate of drug-likeness (QED) is 0.132. The van der Waals surface area contributed by atoms with Crippen molar-refractivity contribution in [2.45, 2.75) is 135 Å². The molecule has 540 valence electrons. The largest absolute Gasteiger partial charge is 0.458 e. The highest BCUT2D eigenvalue weighted by molar-refractivity contribution is 7.02. The summed E-state index contributed by atoms with van der Waals surface area (Å²) in [4.78, 5) is 7.07. The summed E-state index contributed by atoms with van der Waals surface area (Å²) in [5.74, 6) is 8.78. The van der Waals surface area contributed by atoms with Gasteiger partial charge >= 0.3 is 0 Å². The third-order valence-corrected chi connectivity index (χ3v) is 22.9. The number of benzene rings is 13. The highest BCUT2D eigenvalue weighted by Gasteiger charge is 2.49. The molecule has 0 spiro atoms. The van der Waals surface area contributed by atoms with Gasteiger partial charge in [-0.2, -0.15) is 0 Å². The number of fused-ring (bicyclic) bond motifs is 12. The normalized spacial score (nSPS) is 13.4.